The van der Waals surface area contributed by atoms with Gasteiger partial charge in [0.05, 0.1) is 0 Å². The maximum Gasteiger partial charge on any atom is 0.150 e. The van der Waals surface area contributed by atoms with Gasteiger partial charge in [0.1, 0.15) is 6.29 Å². The first kappa shape index (κ1) is 18.3. The molecule has 0 N–H and O–H groups in total. The largest absolute Gasteiger partial charge is 0.298 e. The summed E-state index contributed by atoms with van der Waals surface area (Å²) in [7, 11) is 0. The quantitative estimate of drug-likeness (QED) is 0.331. The lowest BCUT2D eigenvalue weighted by Crippen LogP contribution is -2.01. The fraction of sp³-hybridized carbons (Fsp3) is 0.562. The number of hydrogen-bond acceptors (Lipinski definition) is 1. The van der Waals surface area contributed by atoms with Gasteiger partial charge in [0.25, 0.3) is 0 Å². The number of hydrogen-bond donors (Lipinski definition) is 0. The van der Waals surface area contributed by atoms with Crippen molar-refractivity contribution in [3.05, 3.63) is 36.5 Å². The van der Waals surface area contributed by atoms with Crippen molar-refractivity contribution in [2.24, 2.45) is 11.8 Å². The van der Waals surface area contributed by atoms with Crippen LogP contribution in [-0.4, -0.2) is 6.29 Å². The lowest BCUT2D eigenvalue weighted by Gasteiger charge is -2.14. The fourth-order valence-electron chi connectivity index (χ4n) is 1.42. The summed E-state index contributed by atoms with van der Waals surface area (Å²) in [6.45, 7) is 14.2. The van der Waals surface area contributed by atoms with Crippen LogP contribution in [0.25, 0.3) is 0 Å². The zero-order valence-electron chi connectivity index (χ0n) is 10.8. The van der Waals surface area contributed by atoms with Gasteiger partial charge in [-0.15, -0.1) is 0 Å². The molecule has 0 aromatic rings. The maximum atomic E-state index is 10.6. The average molecular weight is 236 g/mol. The van der Waals surface area contributed by atoms with Crippen LogP contribution in [-0.2, 0) is 4.79 Å². The van der Waals surface area contributed by atoms with Crippen LogP contribution >= 0.6 is 0 Å². The highest BCUT2D eigenvalue weighted by molar-refractivity contribution is 5.78. The summed E-state index contributed by atoms with van der Waals surface area (Å²) < 4.78 is 0. The Morgan fingerprint density at radius 1 is 1.29 bits per heavy atom. The normalized spacial score (nSPS) is 14.4. The molecule has 0 heterocycles. The van der Waals surface area contributed by atoms with Gasteiger partial charge in [0, 0.05) is 5.57 Å². The monoisotopic (exact) mass is 236 g/mol. The van der Waals surface area contributed by atoms with Gasteiger partial charge in [-0.25, -0.2) is 0 Å². The predicted molar refractivity (Wildman–Crippen MR) is 78.1 cm³/mol. The van der Waals surface area contributed by atoms with Crippen LogP contribution in [0.15, 0.2) is 36.5 Å². The second kappa shape index (κ2) is 10.1. The Hall–Kier alpha value is -1.11. The third kappa shape index (κ3) is 7.73. The highest BCUT2D eigenvalue weighted by Gasteiger charge is 2.07. The van der Waals surface area contributed by atoms with Crippen LogP contribution in [0.3, 0.4) is 0 Å². The van der Waals surface area contributed by atoms with Crippen molar-refractivity contribution >= 4 is 6.29 Å². The van der Waals surface area contributed by atoms with Crippen LogP contribution in [0.4, 0.5) is 0 Å². The summed E-state index contributed by atoms with van der Waals surface area (Å²) in [6, 6.07) is 0. The van der Waals surface area contributed by atoms with E-state index in [2.05, 4.69) is 33.9 Å². The molecule has 98 valence electrons. The highest BCUT2D eigenvalue weighted by Crippen LogP contribution is 2.21. The molecular formula is C16H28O. The topological polar surface area (TPSA) is 17.1 Å². The molecule has 0 radical (unpaired) electrons. The standard InChI is InChI=1S/C15H24O.CH4/c1-6-12(3)8-9-13(4)14(5)10-15(7-2)11-16;/h7,10-13H,2,5-6,8-9H2,1,3-4H3;1H4/b15-10+;. The van der Waals surface area contributed by atoms with Crippen molar-refractivity contribution in [2.75, 3.05) is 0 Å². The van der Waals surface area contributed by atoms with Gasteiger partial charge in [-0.05, 0) is 24.3 Å². The first-order chi connectivity index (χ1) is 7.54. The Kier molecular flexibility index (Phi) is 10.8. The minimum Gasteiger partial charge on any atom is -0.298 e. The number of carbonyl (C=O) groups is 1. The van der Waals surface area contributed by atoms with Gasteiger partial charge in [-0.3, -0.25) is 4.79 Å². The number of allylic oxidation sites excluding steroid dienone is 4. The van der Waals surface area contributed by atoms with Crippen molar-refractivity contribution in [1.29, 1.82) is 0 Å². The minimum atomic E-state index is 0. The van der Waals surface area contributed by atoms with E-state index >= 15 is 0 Å². The SMILES string of the molecule is C.C=C/C(C=O)=C\C(=C)C(C)CCC(C)CC. The third-order valence-corrected chi connectivity index (χ3v) is 3.15. The van der Waals surface area contributed by atoms with Gasteiger partial charge in [0.15, 0.2) is 0 Å². The maximum absolute atomic E-state index is 10.6. The molecule has 0 fully saturated rings. The molecule has 0 rings (SSSR count). The first-order valence-electron chi connectivity index (χ1n) is 6.03. The van der Waals surface area contributed by atoms with Crippen LogP contribution in [0.2, 0.25) is 0 Å². The van der Waals surface area contributed by atoms with Crippen LogP contribution in [0.1, 0.15) is 47.5 Å². The molecular weight excluding hydrogens is 208 g/mol. The zero-order valence-corrected chi connectivity index (χ0v) is 10.8. The van der Waals surface area contributed by atoms with E-state index in [0.717, 1.165) is 24.2 Å². The van der Waals surface area contributed by atoms with Crippen LogP contribution in [0, 0.1) is 11.8 Å². The van der Waals surface area contributed by atoms with E-state index in [4.69, 9.17) is 0 Å². The molecule has 0 saturated carbocycles. The molecule has 0 spiro atoms. The molecule has 1 heteroatoms. The fourth-order valence-corrected chi connectivity index (χ4v) is 1.42. The lowest BCUT2D eigenvalue weighted by molar-refractivity contribution is -0.104. The minimum absolute atomic E-state index is 0. The molecule has 0 bridgehead atoms. The number of aldehydes is 1. The van der Waals surface area contributed by atoms with Gasteiger partial charge in [0.2, 0.25) is 0 Å². The van der Waals surface area contributed by atoms with E-state index in [9.17, 15) is 4.79 Å². The van der Waals surface area contributed by atoms with Gasteiger partial charge < -0.3 is 0 Å². The Labute approximate surface area is 107 Å². The zero-order chi connectivity index (χ0) is 12.6. The van der Waals surface area contributed by atoms with Crippen LogP contribution < -0.4 is 0 Å². The molecule has 0 aliphatic heterocycles. The summed E-state index contributed by atoms with van der Waals surface area (Å²) in [5, 5.41) is 0. The molecule has 2 atom stereocenters. The molecule has 0 amide bonds. The molecule has 0 aromatic heterocycles. The van der Waals surface area contributed by atoms with Crippen molar-refractivity contribution in [3.63, 3.8) is 0 Å². The Morgan fingerprint density at radius 2 is 1.88 bits per heavy atom. The van der Waals surface area contributed by atoms with E-state index in [-0.39, 0.29) is 7.43 Å². The molecule has 17 heavy (non-hydrogen) atoms. The molecule has 1 nitrogen and oxygen atoms in total. The Bertz CT molecular complexity index is 263. The molecule has 0 saturated heterocycles. The third-order valence-electron chi connectivity index (χ3n) is 3.15. The predicted octanol–water partition coefficient (Wildman–Crippen LogP) is 4.95. The van der Waals surface area contributed by atoms with E-state index in [0.29, 0.717) is 11.5 Å². The smallest absolute Gasteiger partial charge is 0.150 e. The summed E-state index contributed by atoms with van der Waals surface area (Å²) in [6.07, 6.45) is 7.80. The number of carbonyl (C=O) groups excluding carboxylic acids is 1. The first-order valence-corrected chi connectivity index (χ1v) is 6.03. The summed E-state index contributed by atoms with van der Waals surface area (Å²) in [5.41, 5.74) is 1.63. The second-order valence-corrected chi connectivity index (χ2v) is 4.53. The van der Waals surface area contributed by atoms with Gasteiger partial charge in [-0.1, -0.05) is 65.8 Å². The molecule has 0 aromatic carbocycles. The van der Waals surface area contributed by atoms with E-state index < -0.39 is 0 Å². The van der Waals surface area contributed by atoms with Crippen molar-refractivity contribution in [3.8, 4) is 0 Å². The van der Waals surface area contributed by atoms with E-state index in [1.165, 1.54) is 12.8 Å². The van der Waals surface area contributed by atoms with Crippen molar-refractivity contribution < 1.29 is 4.79 Å². The van der Waals surface area contributed by atoms with E-state index in [1.807, 2.05) is 6.08 Å². The highest BCUT2D eigenvalue weighted by atomic mass is 16.1. The lowest BCUT2D eigenvalue weighted by atomic mass is 9.91. The Balaban J connectivity index is 0. The summed E-state index contributed by atoms with van der Waals surface area (Å²) in [4.78, 5) is 10.6. The molecule has 0 aliphatic carbocycles. The van der Waals surface area contributed by atoms with Crippen molar-refractivity contribution in [2.45, 2.75) is 47.5 Å². The van der Waals surface area contributed by atoms with Gasteiger partial charge in [-0.2, -0.15) is 0 Å². The average Bonchev–Trinajstić information content (AvgIpc) is 2.31. The number of rotatable bonds is 8. The summed E-state index contributed by atoms with van der Waals surface area (Å²) in [5.74, 6) is 1.20. The van der Waals surface area contributed by atoms with Crippen LogP contribution in [0.5, 0.6) is 0 Å². The second-order valence-electron chi connectivity index (χ2n) is 4.53. The molecule has 0 aliphatic rings. The molecule has 2 unspecified atom stereocenters. The summed E-state index contributed by atoms with van der Waals surface area (Å²) >= 11 is 0. The van der Waals surface area contributed by atoms with Gasteiger partial charge >= 0.3 is 0 Å². The van der Waals surface area contributed by atoms with Crippen molar-refractivity contribution in [1.82, 2.24) is 0 Å². The van der Waals surface area contributed by atoms with E-state index in [1.54, 1.807) is 6.08 Å². The Morgan fingerprint density at radius 3 is 2.29 bits per heavy atom.